The third-order valence-corrected chi connectivity index (χ3v) is 18.5. The fourth-order valence-corrected chi connectivity index (χ4v) is 14.7. The molecule has 0 fully saturated rings. The molecule has 440 valence electrons. The lowest BCUT2D eigenvalue weighted by atomic mass is 9.61. The molecule has 0 aromatic heterocycles. The highest BCUT2D eigenvalue weighted by molar-refractivity contribution is 5.75. The second-order valence-corrected chi connectivity index (χ2v) is 23.3. The van der Waals surface area contributed by atoms with Crippen LogP contribution >= 0.6 is 0 Å². The first kappa shape index (κ1) is 58.1. The zero-order valence-electron chi connectivity index (χ0n) is 50.8. The minimum atomic E-state index is -1.09. The Hall–Kier alpha value is -11.7. The average molecular weight is 1180 g/mol. The highest BCUT2D eigenvalue weighted by Gasteiger charge is 2.47. The van der Waals surface area contributed by atoms with E-state index in [-0.39, 0.29) is 0 Å². The predicted octanol–water partition coefficient (Wildman–Crippen LogP) is 20.8. The van der Waals surface area contributed by atoms with Crippen molar-refractivity contribution in [2.45, 2.75) is 21.7 Å². The van der Waals surface area contributed by atoms with Gasteiger partial charge in [0.05, 0.1) is 21.7 Å². The van der Waals surface area contributed by atoms with Gasteiger partial charge in [-0.3, -0.25) is 0 Å². The van der Waals surface area contributed by atoms with Crippen LogP contribution in [0.5, 0.6) is 11.5 Å². The molecule has 14 aromatic carbocycles. The molecule has 0 aliphatic rings. The zero-order valence-corrected chi connectivity index (χ0v) is 50.8. The number of rotatable bonds is 18. The number of carbonyl (C=O) groups excluding carboxylic acids is 1. The number of hydrogen-bond donors (Lipinski definition) is 0. The second kappa shape index (κ2) is 25.8. The first-order chi connectivity index (χ1) is 45.6. The molecule has 0 N–H and O–H groups in total. The summed E-state index contributed by atoms with van der Waals surface area (Å²) in [6.07, 6.45) is -0.903. The van der Waals surface area contributed by atoms with Gasteiger partial charge >= 0.3 is 6.16 Å². The Morgan fingerprint density at radius 3 is 0.489 bits per heavy atom. The van der Waals surface area contributed by atoms with Gasteiger partial charge in [-0.15, -0.1) is 0 Å². The van der Waals surface area contributed by atoms with Crippen molar-refractivity contribution in [1.82, 2.24) is 0 Å². The maximum Gasteiger partial charge on any atom is 0.519 e. The van der Waals surface area contributed by atoms with Crippen molar-refractivity contribution in [2.75, 3.05) is 0 Å². The first-order valence-corrected chi connectivity index (χ1v) is 31.4. The Morgan fingerprint density at radius 1 is 0.174 bits per heavy atom. The van der Waals surface area contributed by atoms with Gasteiger partial charge in [0, 0.05) is 11.1 Å². The van der Waals surface area contributed by atoms with E-state index in [1.165, 1.54) is 0 Å². The van der Waals surface area contributed by atoms with Crippen LogP contribution in [0.2, 0.25) is 0 Å². The molecule has 0 bridgehead atoms. The van der Waals surface area contributed by atoms with Gasteiger partial charge in [-0.2, -0.15) is 0 Å². The minimum absolute atomic E-state index is 0.327. The molecule has 0 amide bonds. The first-order valence-electron chi connectivity index (χ1n) is 31.4. The van der Waals surface area contributed by atoms with E-state index in [4.69, 9.17) is 9.47 Å². The fourth-order valence-electron chi connectivity index (χ4n) is 14.7. The molecular weight excluding hydrogens is 1120 g/mol. The predicted molar refractivity (Wildman–Crippen MR) is 373 cm³/mol. The molecule has 0 aliphatic carbocycles. The molecule has 0 heterocycles. The van der Waals surface area contributed by atoms with Crippen molar-refractivity contribution in [1.29, 1.82) is 0 Å². The van der Waals surface area contributed by atoms with Crippen LogP contribution in [-0.4, -0.2) is 6.16 Å². The van der Waals surface area contributed by atoms with Crippen molar-refractivity contribution in [3.63, 3.8) is 0 Å². The Kier molecular flexibility index (Phi) is 16.3. The lowest BCUT2D eigenvalue weighted by Crippen LogP contribution is -2.35. The van der Waals surface area contributed by atoms with E-state index in [0.717, 1.165) is 89.0 Å². The van der Waals surface area contributed by atoms with Gasteiger partial charge < -0.3 is 9.47 Å². The number of hydrogen-bond acceptors (Lipinski definition) is 3. The van der Waals surface area contributed by atoms with E-state index in [9.17, 15) is 0 Å². The lowest BCUT2D eigenvalue weighted by Gasteiger charge is -2.41. The molecule has 3 nitrogen and oxygen atoms in total. The molecule has 92 heavy (non-hydrogen) atoms. The largest absolute Gasteiger partial charge is 0.519 e. The van der Waals surface area contributed by atoms with Crippen molar-refractivity contribution in [3.05, 3.63) is 489 Å². The van der Waals surface area contributed by atoms with Gasteiger partial charge in [-0.1, -0.05) is 376 Å². The summed E-state index contributed by atoms with van der Waals surface area (Å²) in [7, 11) is 0. The summed E-state index contributed by atoms with van der Waals surface area (Å²) in [4.78, 5) is 16.2. The van der Waals surface area contributed by atoms with Gasteiger partial charge in [0.1, 0.15) is 11.5 Å². The van der Waals surface area contributed by atoms with E-state index in [1.54, 1.807) is 0 Å². The molecule has 14 rings (SSSR count). The summed E-state index contributed by atoms with van der Waals surface area (Å²) in [5, 5.41) is 0. The van der Waals surface area contributed by atoms with Crippen LogP contribution in [0.4, 0.5) is 4.79 Å². The highest BCUT2D eigenvalue weighted by atomic mass is 16.7. The fraction of sp³-hybridized carbons (Fsp3) is 0.0449. The Balaban J connectivity index is 1.05. The van der Waals surface area contributed by atoms with Crippen LogP contribution in [0.3, 0.4) is 0 Å². The molecule has 0 aliphatic heterocycles. The smallest absolute Gasteiger partial charge is 0.394 e. The molecule has 0 unspecified atom stereocenters. The Labute approximate surface area is 539 Å². The van der Waals surface area contributed by atoms with Crippen LogP contribution in [-0.2, 0) is 21.7 Å². The van der Waals surface area contributed by atoms with E-state index < -0.39 is 27.8 Å². The maximum atomic E-state index is 16.2. The van der Waals surface area contributed by atoms with Crippen LogP contribution in [0.15, 0.2) is 400 Å². The molecule has 0 radical (unpaired) electrons. The SMILES string of the molecule is O=C(Oc1ccc(C(c2ccccc2)(c2ccccc2)c2ccccc2)cc1C(c1ccccc1)(c1ccccc1)c1ccccc1)Oc1ccc(C(c2ccccc2)(c2ccccc2)c2ccccc2)cc1C(c1ccccc1)(c1ccccc1)c1ccccc1. The molecular formula is C89H66O3. The van der Waals surface area contributed by atoms with Crippen molar-refractivity contribution in [2.24, 2.45) is 0 Å². The molecule has 3 heteroatoms. The highest BCUT2D eigenvalue weighted by Crippen LogP contribution is 2.55. The van der Waals surface area contributed by atoms with Gasteiger partial charge in [0.2, 0.25) is 0 Å². The Bertz CT molecular complexity index is 4000. The molecule has 0 saturated carbocycles. The maximum absolute atomic E-state index is 16.2. The quantitative estimate of drug-likeness (QED) is 0.0488. The van der Waals surface area contributed by atoms with Crippen molar-refractivity contribution >= 4 is 6.16 Å². The Morgan fingerprint density at radius 2 is 0.326 bits per heavy atom. The average Bonchev–Trinajstić information content (AvgIpc) is 0.726. The number of carbonyl (C=O) groups is 1. The minimum Gasteiger partial charge on any atom is -0.394 e. The van der Waals surface area contributed by atoms with Gasteiger partial charge in [0.15, 0.2) is 0 Å². The second-order valence-electron chi connectivity index (χ2n) is 23.3. The van der Waals surface area contributed by atoms with E-state index in [2.05, 4.69) is 352 Å². The molecule has 0 saturated heterocycles. The summed E-state index contributed by atoms with van der Waals surface area (Å²) in [5.74, 6) is 0.654. The van der Waals surface area contributed by atoms with Crippen LogP contribution in [0.25, 0.3) is 0 Å². The van der Waals surface area contributed by atoms with Crippen LogP contribution in [0.1, 0.15) is 89.0 Å². The number of ether oxygens (including phenoxy) is 2. The van der Waals surface area contributed by atoms with Gasteiger partial charge in [-0.05, 0) is 102 Å². The third-order valence-electron chi connectivity index (χ3n) is 18.5. The topological polar surface area (TPSA) is 35.5 Å². The van der Waals surface area contributed by atoms with Crippen molar-refractivity contribution in [3.8, 4) is 11.5 Å². The zero-order chi connectivity index (χ0) is 62.1. The summed E-state index contributed by atoms with van der Waals surface area (Å²) < 4.78 is 14.3. The monoisotopic (exact) mass is 1180 g/mol. The van der Waals surface area contributed by atoms with Crippen molar-refractivity contribution < 1.29 is 14.3 Å². The van der Waals surface area contributed by atoms with E-state index in [0.29, 0.717) is 11.5 Å². The van der Waals surface area contributed by atoms with E-state index >= 15 is 4.79 Å². The summed E-state index contributed by atoms with van der Waals surface area (Å²) >= 11 is 0. The normalized spacial score (nSPS) is 11.7. The summed E-state index contributed by atoms with van der Waals surface area (Å²) in [6.45, 7) is 0. The standard InChI is InChI=1S/C89H66O3/c90-85(91-83-63-61-79(86(67-37-13-1-14-38-67,68-39-15-2-16-40-68)69-41-17-3-18-42-69)65-81(83)88(73-49-25-7-26-50-73,74-51-27-8-28-52-74)75-53-29-9-30-54-75)92-84-64-62-80(87(70-43-19-4-20-44-70,71-45-21-5-22-46-71)72-47-23-6-24-48-72)66-82(84)89(76-55-31-10-32-56-76,77-57-33-11-34-58-77)78-59-35-12-36-60-78/h1-66H. The summed E-state index contributed by atoms with van der Waals surface area (Å²) in [6, 6.07) is 141. The lowest BCUT2D eigenvalue weighted by molar-refractivity contribution is 0.150. The van der Waals surface area contributed by atoms with Gasteiger partial charge in [0.25, 0.3) is 0 Å². The third kappa shape index (κ3) is 10.2. The number of benzene rings is 14. The van der Waals surface area contributed by atoms with E-state index in [1.807, 2.05) is 48.5 Å². The van der Waals surface area contributed by atoms with Crippen LogP contribution in [0, 0.1) is 0 Å². The van der Waals surface area contributed by atoms with Crippen LogP contribution < -0.4 is 9.47 Å². The molecule has 0 spiro atoms. The molecule has 0 atom stereocenters. The summed E-state index contributed by atoms with van der Waals surface area (Å²) in [5.41, 5.74) is 11.8. The van der Waals surface area contributed by atoms with Gasteiger partial charge in [-0.25, -0.2) is 4.79 Å². The molecule has 14 aromatic rings.